The van der Waals surface area contributed by atoms with Crippen molar-refractivity contribution in [3.63, 3.8) is 0 Å². The Labute approximate surface area is 161 Å². The van der Waals surface area contributed by atoms with Crippen molar-refractivity contribution in [2.45, 2.75) is 26.7 Å². The molecule has 0 fully saturated rings. The van der Waals surface area contributed by atoms with Crippen LogP contribution in [-0.4, -0.2) is 12.5 Å². The Balaban J connectivity index is 1.62. The van der Waals surface area contributed by atoms with Crippen molar-refractivity contribution in [2.75, 3.05) is 11.9 Å². The number of carbonyl (C=O) groups excluding carboxylic acids is 1. The molecule has 0 spiro atoms. The molecule has 0 heterocycles. The zero-order valence-electron chi connectivity index (χ0n) is 16.0. The Morgan fingerprint density at radius 3 is 2.22 bits per heavy atom. The van der Waals surface area contributed by atoms with Crippen molar-refractivity contribution in [2.24, 2.45) is 0 Å². The Kier molecular flexibility index (Phi) is 5.92. The topological polar surface area (TPSA) is 38.3 Å². The number of ether oxygens (including phenoxy) is 1. The molecule has 0 unspecified atom stereocenters. The van der Waals surface area contributed by atoms with E-state index >= 15 is 0 Å². The highest BCUT2D eigenvalue weighted by Crippen LogP contribution is 2.27. The van der Waals surface area contributed by atoms with E-state index < -0.39 is 0 Å². The van der Waals surface area contributed by atoms with Gasteiger partial charge < -0.3 is 10.1 Å². The van der Waals surface area contributed by atoms with E-state index in [9.17, 15) is 4.79 Å². The van der Waals surface area contributed by atoms with Crippen LogP contribution in [0.15, 0.2) is 72.8 Å². The van der Waals surface area contributed by atoms with E-state index in [1.165, 1.54) is 0 Å². The van der Waals surface area contributed by atoms with Crippen molar-refractivity contribution >= 4 is 11.6 Å². The van der Waals surface area contributed by atoms with E-state index in [1.54, 1.807) is 0 Å². The fourth-order valence-electron chi connectivity index (χ4n) is 3.04. The third kappa shape index (κ3) is 4.76. The number of para-hydroxylation sites is 1. The first kappa shape index (κ1) is 18.7. The highest BCUT2D eigenvalue weighted by Gasteiger charge is 2.12. The van der Waals surface area contributed by atoms with Gasteiger partial charge in [0.2, 0.25) is 0 Å². The molecule has 138 valence electrons. The number of nitrogens with one attached hydrogen (secondary N) is 1. The minimum absolute atomic E-state index is 0.0173. The Morgan fingerprint density at radius 2 is 1.56 bits per heavy atom. The van der Waals surface area contributed by atoms with Gasteiger partial charge in [-0.3, -0.25) is 4.79 Å². The molecule has 0 atom stereocenters. The number of benzene rings is 3. The van der Waals surface area contributed by atoms with E-state index in [0.717, 1.165) is 27.9 Å². The maximum atomic E-state index is 12.4. The normalized spacial score (nSPS) is 10.7. The second kappa shape index (κ2) is 8.54. The molecule has 3 aromatic carbocycles. The van der Waals surface area contributed by atoms with Gasteiger partial charge in [0.05, 0.1) is 0 Å². The van der Waals surface area contributed by atoms with Crippen LogP contribution in [0.3, 0.4) is 0 Å². The summed E-state index contributed by atoms with van der Waals surface area (Å²) in [6.07, 6.45) is 0. The van der Waals surface area contributed by atoms with Crippen molar-refractivity contribution < 1.29 is 9.53 Å². The first-order valence-corrected chi connectivity index (χ1v) is 9.22. The maximum Gasteiger partial charge on any atom is 0.262 e. The summed E-state index contributed by atoms with van der Waals surface area (Å²) in [5, 5.41) is 3.00. The quantitative estimate of drug-likeness (QED) is 0.604. The van der Waals surface area contributed by atoms with Crippen LogP contribution in [0.1, 0.15) is 30.9 Å². The zero-order valence-corrected chi connectivity index (χ0v) is 16.0. The van der Waals surface area contributed by atoms with Crippen molar-refractivity contribution in [3.05, 3.63) is 83.9 Å². The van der Waals surface area contributed by atoms with Gasteiger partial charge in [-0.25, -0.2) is 0 Å². The molecule has 0 saturated carbocycles. The van der Waals surface area contributed by atoms with Gasteiger partial charge in [0, 0.05) is 5.69 Å². The molecule has 1 amide bonds. The summed E-state index contributed by atoms with van der Waals surface area (Å²) in [6, 6.07) is 24.0. The van der Waals surface area contributed by atoms with Crippen molar-refractivity contribution in [3.8, 4) is 16.9 Å². The maximum absolute atomic E-state index is 12.4. The first-order valence-electron chi connectivity index (χ1n) is 9.22. The number of rotatable bonds is 6. The lowest BCUT2D eigenvalue weighted by atomic mass is 9.98. The molecular weight excluding hydrogens is 334 g/mol. The van der Waals surface area contributed by atoms with Crippen LogP contribution >= 0.6 is 0 Å². The molecular formula is C24H25NO2. The number of carbonyl (C=O) groups is 1. The zero-order chi connectivity index (χ0) is 19.2. The lowest BCUT2D eigenvalue weighted by Gasteiger charge is -2.16. The lowest BCUT2D eigenvalue weighted by Crippen LogP contribution is -2.21. The minimum atomic E-state index is -0.154. The molecule has 3 rings (SSSR count). The Hall–Kier alpha value is -3.07. The standard InChI is InChI=1S/C24H25NO2/c1-17(2)22-11-7-8-18(3)24(22)25-23(26)16-27-21-14-12-20(13-15-21)19-9-5-4-6-10-19/h4-15,17H,16H2,1-3H3,(H,25,26). The number of anilines is 1. The van der Waals surface area contributed by atoms with E-state index in [0.29, 0.717) is 11.7 Å². The van der Waals surface area contributed by atoms with Crippen LogP contribution < -0.4 is 10.1 Å². The van der Waals surface area contributed by atoms with Gasteiger partial charge in [0.25, 0.3) is 5.91 Å². The van der Waals surface area contributed by atoms with Gasteiger partial charge in [0.1, 0.15) is 5.75 Å². The summed E-state index contributed by atoms with van der Waals surface area (Å²) in [6.45, 7) is 6.23. The molecule has 0 aliphatic carbocycles. The summed E-state index contributed by atoms with van der Waals surface area (Å²) in [5.74, 6) is 0.865. The van der Waals surface area contributed by atoms with E-state index in [-0.39, 0.29) is 12.5 Å². The first-order chi connectivity index (χ1) is 13.0. The molecule has 27 heavy (non-hydrogen) atoms. The average Bonchev–Trinajstić information content (AvgIpc) is 2.69. The molecule has 0 aliphatic heterocycles. The number of amides is 1. The van der Waals surface area contributed by atoms with Gasteiger partial charge >= 0.3 is 0 Å². The monoisotopic (exact) mass is 359 g/mol. The molecule has 3 aromatic rings. The summed E-state index contributed by atoms with van der Waals surface area (Å²) in [5.41, 5.74) is 5.36. The van der Waals surface area contributed by atoms with Gasteiger partial charge in [-0.05, 0) is 47.2 Å². The number of aryl methyl sites for hydroxylation is 1. The van der Waals surface area contributed by atoms with Crippen molar-refractivity contribution in [1.29, 1.82) is 0 Å². The Bertz CT molecular complexity index is 899. The van der Waals surface area contributed by atoms with Gasteiger partial charge in [0.15, 0.2) is 6.61 Å². The van der Waals surface area contributed by atoms with Crippen LogP contribution in [0.5, 0.6) is 5.75 Å². The van der Waals surface area contributed by atoms with E-state index in [2.05, 4.69) is 37.4 Å². The van der Waals surface area contributed by atoms with E-state index in [1.807, 2.05) is 61.5 Å². The fraction of sp³-hybridized carbons (Fsp3) is 0.208. The molecule has 3 nitrogen and oxygen atoms in total. The van der Waals surface area contributed by atoms with Crippen LogP contribution in [-0.2, 0) is 4.79 Å². The highest BCUT2D eigenvalue weighted by atomic mass is 16.5. The van der Waals surface area contributed by atoms with Crippen LogP contribution in [0.2, 0.25) is 0 Å². The average molecular weight is 359 g/mol. The predicted octanol–water partition coefficient (Wildman–Crippen LogP) is 5.80. The fourth-order valence-corrected chi connectivity index (χ4v) is 3.04. The van der Waals surface area contributed by atoms with Gasteiger partial charge in [-0.1, -0.05) is 74.5 Å². The minimum Gasteiger partial charge on any atom is -0.484 e. The van der Waals surface area contributed by atoms with Crippen LogP contribution in [0.4, 0.5) is 5.69 Å². The molecule has 0 aromatic heterocycles. The van der Waals surface area contributed by atoms with Gasteiger partial charge in [-0.2, -0.15) is 0 Å². The second-order valence-electron chi connectivity index (χ2n) is 6.92. The molecule has 0 aliphatic rings. The van der Waals surface area contributed by atoms with Crippen molar-refractivity contribution in [1.82, 2.24) is 0 Å². The molecule has 1 N–H and O–H groups in total. The Morgan fingerprint density at radius 1 is 0.889 bits per heavy atom. The van der Waals surface area contributed by atoms with Crippen LogP contribution in [0, 0.1) is 6.92 Å². The number of hydrogen-bond donors (Lipinski definition) is 1. The summed E-state index contributed by atoms with van der Waals surface area (Å²) in [7, 11) is 0. The summed E-state index contributed by atoms with van der Waals surface area (Å²) >= 11 is 0. The molecule has 0 bridgehead atoms. The molecule has 3 heteroatoms. The summed E-state index contributed by atoms with van der Waals surface area (Å²) < 4.78 is 5.66. The lowest BCUT2D eigenvalue weighted by molar-refractivity contribution is -0.118. The second-order valence-corrected chi connectivity index (χ2v) is 6.92. The van der Waals surface area contributed by atoms with E-state index in [4.69, 9.17) is 4.74 Å². The predicted molar refractivity (Wildman–Crippen MR) is 111 cm³/mol. The SMILES string of the molecule is Cc1cccc(C(C)C)c1NC(=O)COc1ccc(-c2ccccc2)cc1. The highest BCUT2D eigenvalue weighted by molar-refractivity contribution is 5.93. The largest absolute Gasteiger partial charge is 0.484 e. The number of hydrogen-bond acceptors (Lipinski definition) is 2. The molecule has 0 radical (unpaired) electrons. The van der Waals surface area contributed by atoms with Crippen LogP contribution in [0.25, 0.3) is 11.1 Å². The summed E-state index contributed by atoms with van der Waals surface area (Å²) in [4.78, 5) is 12.4. The van der Waals surface area contributed by atoms with Gasteiger partial charge in [-0.15, -0.1) is 0 Å². The third-order valence-corrected chi connectivity index (χ3v) is 4.52. The third-order valence-electron chi connectivity index (χ3n) is 4.52. The molecule has 0 saturated heterocycles. The smallest absolute Gasteiger partial charge is 0.262 e.